The maximum atomic E-state index is 9.37. The van der Waals surface area contributed by atoms with Crippen LogP contribution in [0.25, 0.3) is 0 Å². The van der Waals surface area contributed by atoms with Crippen molar-refractivity contribution in [3.8, 4) is 0 Å². The van der Waals surface area contributed by atoms with E-state index in [0.717, 1.165) is 0 Å². The number of rotatable bonds is 2. The standard InChI is InChI=1S/2C3H6O2.ClH/c2*1-2-3(4)5;/h2*2H2,1H3,(H,4,5);1H. The second-order valence-corrected chi connectivity index (χ2v) is 1.49. The molecular formula is C6H13ClO4. The van der Waals surface area contributed by atoms with Crippen LogP contribution in [0.5, 0.6) is 0 Å². The average Bonchev–Trinajstić information content (AvgIpc) is 1.89. The average molecular weight is 185 g/mol. The van der Waals surface area contributed by atoms with Crippen LogP contribution in [0, 0.1) is 0 Å². The minimum absolute atomic E-state index is 0. The molecule has 0 spiro atoms. The summed E-state index contributed by atoms with van der Waals surface area (Å²) in [6.07, 6.45) is 0.444. The van der Waals surface area contributed by atoms with Gasteiger partial charge in [-0.25, -0.2) is 0 Å². The molecule has 0 aromatic rings. The lowest BCUT2D eigenvalue weighted by molar-refractivity contribution is -0.137. The fourth-order valence-corrected chi connectivity index (χ4v) is 0. The molecule has 0 aliphatic rings. The molecule has 0 aliphatic heterocycles. The predicted octanol–water partition coefficient (Wildman–Crippen LogP) is 1.38. The van der Waals surface area contributed by atoms with E-state index in [2.05, 4.69) is 0 Å². The molecule has 0 aliphatic carbocycles. The van der Waals surface area contributed by atoms with Crippen LogP contribution < -0.4 is 0 Å². The van der Waals surface area contributed by atoms with Gasteiger partial charge >= 0.3 is 11.9 Å². The maximum Gasteiger partial charge on any atom is 0.303 e. The van der Waals surface area contributed by atoms with Crippen LogP contribution in [0.1, 0.15) is 26.7 Å². The Morgan fingerprint density at radius 3 is 1.09 bits per heavy atom. The number of carbonyl (C=O) groups is 2. The molecule has 5 heteroatoms. The highest BCUT2D eigenvalue weighted by molar-refractivity contribution is 5.85. The van der Waals surface area contributed by atoms with E-state index in [1.165, 1.54) is 0 Å². The van der Waals surface area contributed by atoms with Crippen molar-refractivity contribution < 1.29 is 19.8 Å². The molecule has 11 heavy (non-hydrogen) atoms. The van der Waals surface area contributed by atoms with Gasteiger partial charge in [-0.2, -0.15) is 0 Å². The van der Waals surface area contributed by atoms with Crippen LogP contribution in [0.3, 0.4) is 0 Å². The smallest absolute Gasteiger partial charge is 0.303 e. The van der Waals surface area contributed by atoms with Gasteiger partial charge in [-0.05, 0) is 0 Å². The van der Waals surface area contributed by atoms with Crippen molar-refractivity contribution in [2.24, 2.45) is 0 Å². The van der Waals surface area contributed by atoms with Gasteiger partial charge in [0.15, 0.2) is 0 Å². The van der Waals surface area contributed by atoms with Gasteiger partial charge in [-0.15, -0.1) is 12.4 Å². The van der Waals surface area contributed by atoms with Crippen molar-refractivity contribution in [2.45, 2.75) is 26.7 Å². The van der Waals surface area contributed by atoms with E-state index >= 15 is 0 Å². The molecule has 4 nitrogen and oxygen atoms in total. The minimum Gasteiger partial charge on any atom is -0.481 e. The van der Waals surface area contributed by atoms with Gasteiger partial charge in [0.1, 0.15) is 0 Å². The highest BCUT2D eigenvalue weighted by atomic mass is 35.5. The third-order valence-electron chi connectivity index (χ3n) is 0.605. The number of carboxylic acid groups (broad SMARTS) is 2. The molecule has 0 bridgehead atoms. The third kappa shape index (κ3) is 46.2. The molecule has 2 N–H and O–H groups in total. The number of aliphatic carboxylic acids is 2. The first-order valence-electron chi connectivity index (χ1n) is 2.98. The van der Waals surface area contributed by atoms with Crippen molar-refractivity contribution in [2.75, 3.05) is 0 Å². The van der Waals surface area contributed by atoms with E-state index < -0.39 is 11.9 Å². The lowest BCUT2D eigenvalue weighted by Crippen LogP contribution is -1.86. The van der Waals surface area contributed by atoms with Gasteiger partial charge in [0, 0.05) is 12.8 Å². The van der Waals surface area contributed by atoms with Crippen LogP contribution in [0.2, 0.25) is 0 Å². The van der Waals surface area contributed by atoms with Gasteiger partial charge in [-0.3, -0.25) is 9.59 Å². The first kappa shape index (κ1) is 16.7. The molecule has 0 rings (SSSR count). The SMILES string of the molecule is CCC(=O)O.CCC(=O)O.Cl. The van der Waals surface area contributed by atoms with Crippen LogP contribution >= 0.6 is 12.4 Å². The summed E-state index contributed by atoms with van der Waals surface area (Å²) in [5.74, 6) is -1.49. The number of halogens is 1. The Hall–Kier alpha value is -0.770. The topological polar surface area (TPSA) is 74.6 Å². The zero-order valence-electron chi connectivity index (χ0n) is 6.53. The summed E-state index contributed by atoms with van der Waals surface area (Å²) in [6.45, 7) is 3.20. The molecule has 0 atom stereocenters. The molecule has 0 fully saturated rings. The normalized spacial score (nSPS) is 6.73. The first-order chi connectivity index (χ1) is 4.54. The largest absolute Gasteiger partial charge is 0.481 e. The lowest BCUT2D eigenvalue weighted by atomic mass is 10.5. The highest BCUT2D eigenvalue weighted by Gasteiger charge is 1.81. The van der Waals surface area contributed by atoms with Gasteiger partial charge < -0.3 is 10.2 Å². The Morgan fingerprint density at radius 1 is 1.00 bits per heavy atom. The van der Waals surface area contributed by atoms with E-state index in [0.29, 0.717) is 0 Å². The molecule has 0 radical (unpaired) electrons. The van der Waals surface area contributed by atoms with Gasteiger partial charge in [0.25, 0.3) is 0 Å². The summed E-state index contributed by atoms with van der Waals surface area (Å²) < 4.78 is 0. The van der Waals surface area contributed by atoms with Gasteiger partial charge in [0.2, 0.25) is 0 Å². The monoisotopic (exact) mass is 184 g/mol. The Bertz CT molecular complexity index is 99.1. The molecule has 0 aromatic heterocycles. The Kier molecular flexibility index (Phi) is 18.1. The Morgan fingerprint density at radius 2 is 1.09 bits per heavy atom. The molecule has 0 unspecified atom stereocenters. The first-order valence-corrected chi connectivity index (χ1v) is 2.98. The summed E-state index contributed by atoms with van der Waals surface area (Å²) in [5, 5.41) is 15.4. The molecule has 0 saturated carbocycles. The molecule has 0 saturated heterocycles. The molecular weight excluding hydrogens is 172 g/mol. The van der Waals surface area contributed by atoms with E-state index in [1.807, 2.05) is 0 Å². The fourth-order valence-electron chi connectivity index (χ4n) is 0. The fraction of sp³-hybridized carbons (Fsp3) is 0.667. The number of hydrogen-bond donors (Lipinski definition) is 2. The van der Waals surface area contributed by atoms with Crippen molar-refractivity contribution in [3.63, 3.8) is 0 Å². The van der Waals surface area contributed by atoms with E-state index in [-0.39, 0.29) is 25.2 Å². The lowest BCUT2D eigenvalue weighted by Gasteiger charge is -1.71. The minimum atomic E-state index is -0.745. The molecule has 0 aromatic carbocycles. The van der Waals surface area contributed by atoms with Crippen LogP contribution in [-0.2, 0) is 9.59 Å². The van der Waals surface area contributed by atoms with Gasteiger partial charge in [-0.1, -0.05) is 13.8 Å². The summed E-state index contributed by atoms with van der Waals surface area (Å²) in [5.41, 5.74) is 0. The number of carboxylic acids is 2. The Balaban J connectivity index is -0.000000107. The van der Waals surface area contributed by atoms with E-state index in [9.17, 15) is 9.59 Å². The molecule has 0 amide bonds. The van der Waals surface area contributed by atoms with Crippen LogP contribution in [0.15, 0.2) is 0 Å². The summed E-state index contributed by atoms with van der Waals surface area (Å²) in [4.78, 5) is 18.7. The second-order valence-electron chi connectivity index (χ2n) is 1.49. The van der Waals surface area contributed by atoms with E-state index in [4.69, 9.17) is 10.2 Å². The molecule has 68 valence electrons. The van der Waals surface area contributed by atoms with E-state index in [1.54, 1.807) is 13.8 Å². The summed E-state index contributed by atoms with van der Waals surface area (Å²) in [7, 11) is 0. The summed E-state index contributed by atoms with van der Waals surface area (Å²) in [6, 6.07) is 0. The summed E-state index contributed by atoms with van der Waals surface area (Å²) >= 11 is 0. The third-order valence-corrected chi connectivity index (χ3v) is 0.605. The zero-order chi connectivity index (χ0) is 8.57. The highest BCUT2D eigenvalue weighted by Crippen LogP contribution is 1.67. The zero-order valence-corrected chi connectivity index (χ0v) is 7.35. The van der Waals surface area contributed by atoms with Crippen molar-refractivity contribution >= 4 is 24.3 Å². The predicted molar refractivity (Wildman–Crippen MR) is 43.1 cm³/mol. The maximum absolute atomic E-state index is 9.37. The van der Waals surface area contributed by atoms with Crippen molar-refractivity contribution in [1.82, 2.24) is 0 Å². The quantitative estimate of drug-likeness (QED) is 0.680. The van der Waals surface area contributed by atoms with Gasteiger partial charge in [0.05, 0.1) is 0 Å². The number of hydrogen-bond acceptors (Lipinski definition) is 2. The Labute approximate surface area is 71.6 Å². The molecule has 0 heterocycles. The van der Waals surface area contributed by atoms with Crippen molar-refractivity contribution in [3.05, 3.63) is 0 Å². The van der Waals surface area contributed by atoms with Crippen LogP contribution in [0.4, 0.5) is 0 Å². The second kappa shape index (κ2) is 12.0. The van der Waals surface area contributed by atoms with Crippen molar-refractivity contribution in [1.29, 1.82) is 0 Å². The van der Waals surface area contributed by atoms with Crippen LogP contribution in [-0.4, -0.2) is 22.2 Å².